The van der Waals surface area contributed by atoms with E-state index in [9.17, 15) is 0 Å². The van der Waals surface area contributed by atoms with Gasteiger partial charge in [-0.15, -0.1) is 11.3 Å². The highest BCUT2D eigenvalue weighted by Gasteiger charge is 2.10. The van der Waals surface area contributed by atoms with Crippen LogP contribution in [0, 0.1) is 6.92 Å². The summed E-state index contributed by atoms with van der Waals surface area (Å²) in [5, 5.41) is 4.58. The van der Waals surface area contributed by atoms with E-state index in [0.29, 0.717) is 0 Å². The molecule has 17 heavy (non-hydrogen) atoms. The van der Waals surface area contributed by atoms with Gasteiger partial charge in [-0.1, -0.05) is 37.3 Å². The zero-order valence-electron chi connectivity index (χ0n) is 10.4. The van der Waals surface area contributed by atoms with Crippen LogP contribution in [0.5, 0.6) is 0 Å². The van der Waals surface area contributed by atoms with Crippen LogP contribution in [0.3, 0.4) is 0 Å². The zero-order valence-corrected chi connectivity index (χ0v) is 11.2. The molecule has 0 fully saturated rings. The number of aryl methyl sites for hydroxylation is 1. The van der Waals surface area contributed by atoms with Crippen molar-refractivity contribution in [1.29, 1.82) is 0 Å². The van der Waals surface area contributed by atoms with E-state index >= 15 is 0 Å². The maximum Gasteiger partial charge on any atom is 0.0905 e. The minimum Gasteiger partial charge on any atom is -0.312 e. The molecule has 2 rings (SSSR count). The van der Waals surface area contributed by atoms with Crippen molar-refractivity contribution in [2.75, 3.05) is 6.54 Å². The van der Waals surface area contributed by atoms with Gasteiger partial charge in [0.1, 0.15) is 0 Å². The molecule has 1 heterocycles. The van der Waals surface area contributed by atoms with Crippen molar-refractivity contribution in [3.8, 4) is 11.3 Å². The lowest BCUT2D eigenvalue weighted by molar-refractivity contribution is 0.681. The quantitative estimate of drug-likeness (QED) is 0.815. The van der Waals surface area contributed by atoms with E-state index in [1.54, 1.807) is 11.3 Å². The van der Waals surface area contributed by atoms with E-state index in [0.717, 1.165) is 23.8 Å². The Balaban J connectivity index is 2.22. The first-order chi connectivity index (χ1) is 8.31. The van der Waals surface area contributed by atoms with E-state index in [1.165, 1.54) is 16.9 Å². The molecule has 90 valence electrons. The Morgan fingerprint density at radius 2 is 2.00 bits per heavy atom. The maximum atomic E-state index is 4.64. The molecular formula is C14H18N2S. The van der Waals surface area contributed by atoms with Crippen LogP contribution in [0.4, 0.5) is 0 Å². The first-order valence-electron chi connectivity index (χ1n) is 6.03. The van der Waals surface area contributed by atoms with Crippen LogP contribution in [0.2, 0.25) is 0 Å². The standard InChI is InChI=1S/C14H18N2S/c1-3-9-15-10-13-14(16-11(2)17-13)12-7-5-4-6-8-12/h4-8,15H,3,9-10H2,1-2H3. The number of rotatable bonds is 5. The Labute approximate surface area is 107 Å². The number of thiazole rings is 1. The fraction of sp³-hybridized carbons (Fsp3) is 0.357. The Kier molecular flexibility index (Phi) is 4.29. The number of nitrogens with zero attached hydrogens (tertiary/aromatic N) is 1. The largest absolute Gasteiger partial charge is 0.312 e. The van der Waals surface area contributed by atoms with Gasteiger partial charge >= 0.3 is 0 Å². The van der Waals surface area contributed by atoms with Crippen molar-refractivity contribution in [2.24, 2.45) is 0 Å². The first kappa shape index (κ1) is 12.3. The summed E-state index contributed by atoms with van der Waals surface area (Å²) in [4.78, 5) is 5.97. The van der Waals surface area contributed by atoms with Gasteiger partial charge in [-0.25, -0.2) is 4.98 Å². The summed E-state index contributed by atoms with van der Waals surface area (Å²) in [5.74, 6) is 0. The van der Waals surface area contributed by atoms with E-state index in [4.69, 9.17) is 0 Å². The van der Waals surface area contributed by atoms with Crippen LogP contribution in [-0.2, 0) is 6.54 Å². The summed E-state index contributed by atoms with van der Waals surface area (Å²) in [6, 6.07) is 10.4. The van der Waals surface area contributed by atoms with Crippen molar-refractivity contribution in [3.63, 3.8) is 0 Å². The molecule has 0 aliphatic heterocycles. The number of hydrogen-bond donors (Lipinski definition) is 1. The molecule has 1 N–H and O–H groups in total. The monoisotopic (exact) mass is 246 g/mol. The van der Waals surface area contributed by atoms with Crippen LogP contribution >= 0.6 is 11.3 Å². The summed E-state index contributed by atoms with van der Waals surface area (Å²) in [7, 11) is 0. The second-order valence-electron chi connectivity index (χ2n) is 4.05. The summed E-state index contributed by atoms with van der Waals surface area (Å²) in [5.41, 5.74) is 2.35. The van der Waals surface area contributed by atoms with Crippen LogP contribution < -0.4 is 5.32 Å². The predicted octanol–water partition coefficient (Wildman–Crippen LogP) is 3.62. The Morgan fingerprint density at radius 3 is 2.71 bits per heavy atom. The molecule has 0 saturated carbocycles. The second-order valence-corrected chi connectivity index (χ2v) is 5.34. The molecule has 0 bridgehead atoms. The summed E-state index contributed by atoms with van der Waals surface area (Å²) >= 11 is 1.79. The van der Waals surface area contributed by atoms with E-state index < -0.39 is 0 Å². The van der Waals surface area contributed by atoms with Gasteiger partial charge in [0, 0.05) is 17.0 Å². The van der Waals surface area contributed by atoms with Crippen molar-refractivity contribution in [3.05, 3.63) is 40.2 Å². The van der Waals surface area contributed by atoms with Gasteiger partial charge in [0.25, 0.3) is 0 Å². The molecule has 0 spiro atoms. The highest BCUT2D eigenvalue weighted by molar-refractivity contribution is 7.12. The van der Waals surface area contributed by atoms with Crippen molar-refractivity contribution in [2.45, 2.75) is 26.8 Å². The van der Waals surface area contributed by atoms with Crippen molar-refractivity contribution in [1.82, 2.24) is 10.3 Å². The van der Waals surface area contributed by atoms with E-state index in [1.807, 2.05) is 6.07 Å². The number of aromatic nitrogens is 1. The zero-order chi connectivity index (χ0) is 12.1. The lowest BCUT2D eigenvalue weighted by atomic mass is 10.1. The highest BCUT2D eigenvalue weighted by atomic mass is 32.1. The van der Waals surface area contributed by atoms with Crippen LogP contribution in [-0.4, -0.2) is 11.5 Å². The summed E-state index contributed by atoms with van der Waals surface area (Å²) < 4.78 is 0. The van der Waals surface area contributed by atoms with Gasteiger partial charge in [-0.05, 0) is 19.9 Å². The molecule has 0 aliphatic carbocycles. The maximum absolute atomic E-state index is 4.64. The Hall–Kier alpha value is -1.19. The van der Waals surface area contributed by atoms with Gasteiger partial charge in [0.15, 0.2) is 0 Å². The molecule has 0 unspecified atom stereocenters. The minimum absolute atomic E-state index is 0.920. The first-order valence-corrected chi connectivity index (χ1v) is 6.85. The molecule has 0 aliphatic rings. The normalized spacial score (nSPS) is 10.7. The SMILES string of the molecule is CCCNCc1sc(C)nc1-c1ccccc1. The minimum atomic E-state index is 0.920. The van der Waals surface area contributed by atoms with E-state index in [2.05, 4.69) is 48.4 Å². The molecule has 0 atom stereocenters. The molecule has 0 radical (unpaired) electrons. The molecule has 1 aromatic heterocycles. The van der Waals surface area contributed by atoms with Crippen LogP contribution in [0.25, 0.3) is 11.3 Å². The molecule has 0 amide bonds. The van der Waals surface area contributed by atoms with Crippen molar-refractivity contribution < 1.29 is 0 Å². The molecule has 2 aromatic rings. The Bertz CT molecular complexity index is 462. The third-order valence-corrected chi connectivity index (χ3v) is 3.53. The number of nitrogens with one attached hydrogen (secondary N) is 1. The van der Waals surface area contributed by atoms with Gasteiger partial charge in [0.2, 0.25) is 0 Å². The number of hydrogen-bond acceptors (Lipinski definition) is 3. The van der Waals surface area contributed by atoms with Gasteiger partial charge in [0.05, 0.1) is 10.7 Å². The van der Waals surface area contributed by atoms with E-state index in [-0.39, 0.29) is 0 Å². The lowest BCUT2D eigenvalue weighted by Gasteiger charge is -2.03. The topological polar surface area (TPSA) is 24.9 Å². The average Bonchev–Trinajstić information content (AvgIpc) is 2.72. The third kappa shape index (κ3) is 3.14. The van der Waals surface area contributed by atoms with Crippen molar-refractivity contribution >= 4 is 11.3 Å². The fourth-order valence-electron chi connectivity index (χ4n) is 1.79. The van der Waals surface area contributed by atoms with Gasteiger partial charge in [-0.3, -0.25) is 0 Å². The second kappa shape index (κ2) is 5.94. The highest BCUT2D eigenvalue weighted by Crippen LogP contribution is 2.27. The molecule has 1 aromatic carbocycles. The molecule has 2 nitrogen and oxygen atoms in total. The molecule has 3 heteroatoms. The molecular weight excluding hydrogens is 228 g/mol. The third-order valence-electron chi connectivity index (χ3n) is 2.56. The molecule has 0 saturated heterocycles. The Morgan fingerprint density at radius 1 is 1.24 bits per heavy atom. The smallest absolute Gasteiger partial charge is 0.0905 e. The predicted molar refractivity (Wildman–Crippen MR) is 74.3 cm³/mol. The van der Waals surface area contributed by atoms with Gasteiger partial charge in [-0.2, -0.15) is 0 Å². The van der Waals surface area contributed by atoms with Gasteiger partial charge < -0.3 is 5.32 Å². The average molecular weight is 246 g/mol. The lowest BCUT2D eigenvalue weighted by Crippen LogP contribution is -2.13. The fourth-order valence-corrected chi connectivity index (χ4v) is 2.72. The summed E-state index contributed by atoms with van der Waals surface area (Å²) in [6.07, 6.45) is 1.17. The number of benzene rings is 1. The van der Waals surface area contributed by atoms with Crippen LogP contribution in [0.1, 0.15) is 23.2 Å². The van der Waals surface area contributed by atoms with Crippen LogP contribution in [0.15, 0.2) is 30.3 Å². The summed E-state index contributed by atoms with van der Waals surface area (Å²) in [6.45, 7) is 6.23.